The Kier molecular flexibility index (Phi) is 5.99. The molecule has 1 heterocycles. The van der Waals surface area contributed by atoms with Crippen molar-refractivity contribution < 1.29 is 14.3 Å². The van der Waals surface area contributed by atoms with Crippen molar-refractivity contribution in [1.82, 2.24) is 10.3 Å². The Balaban J connectivity index is 1.60. The van der Waals surface area contributed by atoms with Crippen LogP contribution in [-0.2, 0) is 17.9 Å². The van der Waals surface area contributed by atoms with Crippen LogP contribution in [0, 0.1) is 0 Å². The summed E-state index contributed by atoms with van der Waals surface area (Å²) in [5, 5.41) is 5.49. The van der Waals surface area contributed by atoms with Crippen molar-refractivity contribution in [2.24, 2.45) is 0 Å². The number of carbonyl (C=O) groups is 1. The lowest BCUT2D eigenvalue weighted by molar-refractivity contribution is 0.0946. The summed E-state index contributed by atoms with van der Waals surface area (Å²) in [6.07, 6.45) is 0. The van der Waals surface area contributed by atoms with Gasteiger partial charge in [0.2, 0.25) is 0 Å². The molecule has 1 N–H and O–H groups in total. The van der Waals surface area contributed by atoms with Crippen LogP contribution in [0.4, 0.5) is 0 Å². The number of thiazole rings is 1. The molecule has 3 rings (SSSR count). The van der Waals surface area contributed by atoms with Gasteiger partial charge in [-0.05, 0) is 35.4 Å². The molecule has 1 aromatic heterocycles. The van der Waals surface area contributed by atoms with Crippen LogP contribution >= 0.6 is 11.3 Å². The highest BCUT2D eigenvalue weighted by Gasteiger charge is 2.11. The first-order chi connectivity index (χ1) is 12.7. The number of amides is 1. The number of methoxy groups -OCH3 is 2. The summed E-state index contributed by atoms with van der Waals surface area (Å²) in [6.45, 7) is 1.04. The minimum atomic E-state index is -0.179. The fraction of sp³-hybridized carbons (Fsp3) is 0.200. The van der Waals surface area contributed by atoms with Gasteiger partial charge in [-0.15, -0.1) is 11.3 Å². The minimum Gasteiger partial charge on any atom is -0.497 e. The second-order valence-corrected chi connectivity index (χ2v) is 6.56. The zero-order chi connectivity index (χ0) is 18.4. The first-order valence-corrected chi connectivity index (χ1v) is 9.02. The summed E-state index contributed by atoms with van der Waals surface area (Å²) in [5.41, 5.74) is 3.52. The van der Waals surface area contributed by atoms with Gasteiger partial charge in [0, 0.05) is 24.6 Å². The van der Waals surface area contributed by atoms with Crippen LogP contribution in [0.5, 0.6) is 5.75 Å². The highest BCUT2D eigenvalue weighted by atomic mass is 32.1. The monoisotopic (exact) mass is 368 g/mol. The summed E-state index contributed by atoms with van der Waals surface area (Å²) in [5.74, 6) is 0.613. The van der Waals surface area contributed by atoms with Crippen molar-refractivity contribution in [3.63, 3.8) is 0 Å². The van der Waals surface area contributed by atoms with Gasteiger partial charge < -0.3 is 14.8 Å². The Morgan fingerprint density at radius 1 is 1.04 bits per heavy atom. The van der Waals surface area contributed by atoms with Gasteiger partial charge in [0.1, 0.15) is 16.5 Å². The molecule has 0 saturated carbocycles. The second kappa shape index (κ2) is 8.60. The van der Waals surface area contributed by atoms with Crippen LogP contribution in [0.15, 0.2) is 53.9 Å². The minimum absolute atomic E-state index is 0.179. The number of rotatable bonds is 7. The average molecular weight is 368 g/mol. The van der Waals surface area contributed by atoms with Crippen molar-refractivity contribution in [2.75, 3.05) is 14.2 Å². The third-order valence-corrected chi connectivity index (χ3v) is 4.75. The summed E-state index contributed by atoms with van der Waals surface area (Å²) in [4.78, 5) is 16.8. The first kappa shape index (κ1) is 18.1. The predicted octanol–water partition coefficient (Wildman–Crippen LogP) is 3.90. The average Bonchev–Trinajstić information content (AvgIpc) is 3.18. The van der Waals surface area contributed by atoms with Gasteiger partial charge >= 0.3 is 0 Å². The normalized spacial score (nSPS) is 10.5. The van der Waals surface area contributed by atoms with Crippen LogP contribution in [0.25, 0.3) is 10.6 Å². The molecule has 0 bridgehead atoms. The number of hydrogen-bond donors (Lipinski definition) is 1. The molecule has 0 atom stereocenters. The Morgan fingerprint density at radius 2 is 1.73 bits per heavy atom. The standard InChI is InChI=1S/C20H20N2O3S/c1-24-12-15-5-3-14(4-6-15)11-21-19(23)18-13-26-20(22-18)16-7-9-17(25-2)10-8-16/h3-10,13H,11-12H2,1-2H3,(H,21,23). The number of ether oxygens (including phenoxy) is 2. The van der Waals surface area contributed by atoms with Crippen LogP contribution in [0.2, 0.25) is 0 Å². The second-order valence-electron chi connectivity index (χ2n) is 5.70. The van der Waals surface area contributed by atoms with E-state index in [0.29, 0.717) is 18.8 Å². The molecule has 0 aliphatic carbocycles. The zero-order valence-electron chi connectivity index (χ0n) is 14.7. The van der Waals surface area contributed by atoms with Crippen molar-refractivity contribution in [3.8, 4) is 16.3 Å². The quantitative estimate of drug-likeness (QED) is 0.687. The molecule has 134 valence electrons. The van der Waals surface area contributed by atoms with E-state index >= 15 is 0 Å². The number of nitrogens with one attached hydrogen (secondary N) is 1. The van der Waals surface area contributed by atoms with E-state index in [1.54, 1.807) is 19.6 Å². The van der Waals surface area contributed by atoms with Gasteiger partial charge in [-0.1, -0.05) is 24.3 Å². The Labute approximate surface area is 156 Å². The maximum atomic E-state index is 12.3. The van der Waals surface area contributed by atoms with Gasteiger partial charge in [-0.3, -0.25) is 4.79 Å². The maximum absolute atomic E-state index is 12.3. The number of carbonyl (C=O) groups excluding carboxylic acids is 1. The van der Waals surface area contributed by atoms with E-state index in [4.69, 9.17) is 9.47 Å². The Hall–Kier alpha value is -2.70. The lowest BCUT2D eigenvalue weighted by Crippen LogP contribution is -2.23. The predicted molar refractivity (Wildman–Crippen MR) is 102 cm³/mol. The molecule has 1 amide bonds. The first-order valence-electron chi connectivity index (χ1n) is 8.14. The van der Waals surface area contributed by atoms with E-state index in [-0.39, 0.29) is 5.91 Å². The molecule has 6 heteroatoms. The SMILES string of the molecule is COCc1ccc(CNC(=O)c2csc(-c3ccc(OC)cc3)n2)cc1. The molecule has 0 aliphatic heterocycles. The van der Waals surface area contributed by atoms with Gasteiger partial charge in [0.15, 0.2) is 0 Å². The molecule has 26 heavy (non-hydrogen) atoms. The van der Waals surface area contributed by atoms with E-state index in [0.717, 1.165) is 27.4 Å². The summed E-state index contributed by atoms with van der Waals surface area (Å²) >= 11 is 1.45. The Morgan fingerprint density at radius 3 is 2.38 bits per heavy atom. The van der Waals surface area contributed by atoms with Gasteiger partial charge in [-0.25, -0.2) is 4.98 Å². The van der Waals surface area contributed by atoms with E-state index in [9.17, 15) is 4.79 Å². The van der Waals surface area contributed by atoms with Crippen LogP contribution in [0.1, 0.15) is 21.6 Å². The van der Waals surface area contributed by atoms with E-state index in [1.165, 1.54) is 11.3 Å². The van der Waals surface area contributed by atoms with Gasteiger partial charge in [0.25, 0.3) is 5.91 Å². The highest BCUT2D eigenvalue weighted by molar-refractivity contribution is 7.13. The van der Waals surface area contributed by atoms with Crippen LogP contribution in [-0.4, -0.2) is 25.1 Å². The number of nitrogens with zero attached hydrogens (tertiary/aromatic N) is 1. The van der Waals surface area contributed by atoms with Crippen molar-refractivity contribution >= 4 is 17.2 Å². The molecule has 0 saturated heterocycles. The largest absolute Gasteiger partial charge is 0.497 e. The smallest absolute Gasteiger partial charge is 0.271 e. The lowest BCUT2D eigenvalue weighted by atomic mass is 10.1. The lowest BCUT2D eigenvalue weighted by Gasteiger charge is -2.05. The number of aromatic nitrogens is 1. The fourth-order valence-electron chi connectivity index (χ4n) is 2.44. The molecule has 0 unspecified atom stereocenters. The zero-order valence-corrected chi connectivity index (χ0v) is 15.5. The summed E-state index contributed by atoms with van der Waals surface area (Å²) in [7, 11) is 3.30. The van der Waals surface area contributed by atoms with E-state index < -0.39 is 0 Å². The molecule has 2 aromatic carbocycles. The van der Waals surface area contributed by atoms with Gasteiger partial charge in [0.05, 0.1) is 13.7 Å². The van der Waals surface area contributed by atoms with E-state index in [1.807, 2.05) is 48.5 Å². The van der Waals surface area contributed by atoms with Crippen LogP contribution < -0.4 is 10.1 Å². The molecule has 5 nitrogen and oxygen atoms in total. The fourth-order valence-corrected chi connectivity index (χ4v) is 3.24. The number of hydrogen-bond acceptors (Lipinski definition) is 5. The van der Waals surface area contributed by atoms with Crippen molar-refractivity contribution in [2.45, 2.75) is 13.2 Å². The van der Waals surface area contributed by atoms with Crippen molar-refractivity contribution in [1.29, 1.82) is 0 Å². The molecular formula is C20H20N2O3S. The van der Waals surface area contributed by atoms with Crippen molar-refractivity contribution in [3.05, 3.63) is 70.7 Å². The molecule has 0 radical (unpaired) electrons. The molecule has 0 spiro atoms. The van der Waals surface area contributed by atoms with Gasteiger partial charge in [-0.2, -0.15) is 0 Å². The van der Waals surface area contributed by atoms with Crippen LogP contribution in [0.3, 0.4) is 0 Å². The third kappa shape index (κ3) is 4.47. The summed E-state index contributed by atoms with van der Waals surface area (Å²) < 4.78 is 10.2. The number of benzene rings is 2. The highest BCUT2D eigenvalue weighted by Crippen LogP contribution is 2.25. The molecule has 3 aromatic rings. The molecule has 0 fully saturated rings. The molecular weight excluding hydrogens is 348 g/mol. The topological polar surface area (TPSA) is 60.5 Å². The summed E-state index contributed by atoms with van der Waals surface area (Å²) in [6, 6.07) is 15.6. The third-order valence-electron chi connectivity index (χ3n) is 3.86. The Bertz CT molecular complexity index is 858. The van der Waals surface area contributed by atoms with E-state index in [2.05, 4.69) is 10.3 Å². The molecule has 0 aliphatic rings. The maximum Gasteiger partial charge on any atom is 0.271 e.